The van der Waals surface area contributed by atoms with E-state index in [0.717, 1.165) is 28.6 Å². The third-order valence-corrected chi connectivity index (χ3v) is 5.21. The lowest BCUT2D eigenvalue weighted by molar-refractivity contribution is 0.0991. The highest BCUT2D eigenvalue weighted by Crippen LogP contribution is 2.27. The number of pyridine rings is 1. The molecule has 1 amide bonds. The minimum absolute atomic E-state index is 0.0411. The quantitative estimate of drug-likeness (QED) is 0.699. The standard InChI is InChI=1S/C17H21BrN2OS/c1-4-7-14-12(5-2)10-15(22-14)17(21)20(6-3)16-9-8-13(18)11-19-16/h8-11H,4-7H2,1-3H3. The van der Waals surface area contributed by atoms with Crippen LogP contribution in [0.5, 0.6) is 0 Å². The third-order valence-electron chi connectivity index (χ3n) is 3.52. The van der Waals surface area contributed by atoms with Gasteiger partial charge in [-0.15, -0.1) is 11.3 Å². The monoisotopic (exact) mass is 380 g/mol. The number of anilines is 1. The molecule has 0 bridgehead atoms. The number of halogens is 1. The van der Waals surface area contributed by atoms with E-state index >= 15 is 0 Å². The van der Waals surface area contributed by atoms with Crippen molar-refractivity contribution in [1.82, 2.24) is 4.98 Å². The van der Waals surface area contributed by atoms with Crippen LogP contribution in [0.1, 0.15) is 47.3 Å². The van der Waals surface area contributed by atoms with Gasteiger partial charge in [-0.3, -0.25) is 9.69 Å². The number of amides is 1. The van der Waals surface area contributed by atoms with Crippen molar-refractivity contribution >= 4 is 39.0 Å². The van der Waals surface area contributed by atoms with Crippen LogP contribution in [0.4, 0.5) is 5.82 Å². The van der Waals surface area contributed by atoms with E-state index in [4.69, 9.17) is 0 Å². The molecule has 0 atom stereocenters. The second-order valence-electron chi connectivity index (χ2n) is 5.05. The van der Waals surface area contributed by atoms with Gasteiger partial charge in [0.05, 0.1) is 4.88 Å². The molecular formula is C17H21BrN2OS. The van der Waals surface area contributed by atoms with Crippen LogP contribution in [0.15, 0.2) is 28.9 Å². The fourth-order valence-electron chi connectivity index (χ4n) is 2.38. The Labute approximate surface area is 144 Å². The van der Waals surface area contributed by atoms with Gasteiger partial charge in [-0.05, 0) is 59.5 Å². The van der Waals surface area contributed by atoms with Crippen LogP contribution in [-0.4, -0.2) is 17.4 Å². The first-order valence-electron chi connectivity index (χ1n) is 7.65. The number of carbonyl (C=O) groups excluding carboxylic acids is 1. The zero-order valence-corrected chi connectivity index (χ0v) is 15.6. The second kappa shape index (κ2) is 7.88. The smallest absolute Gasteiger partial charge is 0.269 e. The van der Waals surface area contributed by atoms with Gasteiger partial charge in [-0.1, -0.05) is 20.3 Å². The van der Waals surface area contributed by atoms with Crippen LogP contribution in [0.2, 0.25) is 0 Å². The summed E-state index contributed by atoms with van der Waals surface area (Å²) in [5, 5.41) is 0. The molecule has 0 unspecified atom stereocenters. The van der Waals surface area contributed by atoms with Crippen molar-refractivity contribution in [2.75, 3.05) is 11.4 Å². The molecule has 0 saturated heterocycles. The van der Waals surface area contributed by atoms with Gasteiger partial charge >= 0.3 is 0 Å². The van der Waals surface area contributed by atoms with Gasteiger partial charge in [0.25, 0.3) is 5.91 Å². The van der Waals surface area contributed by atoms with E-state index in [1.807, 2.05) is 19.1 Å². The summed E-state index contributed by atoms with van der Waals surface area (Å²) in [5.74, 6) is 0.735. The second-order valence-corrected chi connectivity index (χ2v) is 7.10. The largest absolute Gasteiger partial charge is 0.292 e. The van der Waals surface area contributed by atoms with Gasteiger partial charge in [-0.2, -0.15) is 0 Å². The number of rotatable bonds is 6. The van der Waals surface area contributed by atoms with Gasteiger partial charge in [0.15, 0.2) is 0 Å². The van der Waals surface area contributed by atoms with E-state index in [1.54, 1.807) is 22.4 Å². The summed E-state index contributed by atoms with van der Waals surface area (Å²) in [5.41, 5.74) is 1.30. The van der Waals surface area contributed by atoms with E-state index in [-0.39, 0.29) is 5.91 Å². The molecule has 0 N–H and O–H groups in total. The lowest BCUT2D eigenvalue weighted by atomic mass is 10.1. The number of hydrogen-bond donors (Lipinski definition) is 0. The maximum Gasteiger partial charge on any atom is 0.269 e. The molecule has 118 valence electrons. The third kappa shape index (κ3) is 3.76. The lowest BCUT2D eigenvalue weighted by Crippen LogP contribution is -2.30. The van der Waals surface area contributed by atoms with E-state index in [0.29, 0.717) is 12.4 Å². The zero-order valence-electron chi connectivity index (χ0n) is 13.2. The number of thiophene rings is 1. The number of aryl methyl sites for hydroxylation is 2. The predicted molar refractivity (Wildman–Crippen MR) is 97.0 cm³/mol. The van der Waals surface area contributed by atoms with Gasteiger partial charge in [0.1, 0.15) is 5.82 Å². The molecule has 22 heavy (non-hydrogen) atoms. The molecule has 0 spiro atoms. The van der Waals surface area contributed by atoms with Crippen LogP contribution in [0.3, 0.4) is 0 Å². The maximum absolute atomic E-state index is 12.8. The highest BCUT2D eigenvalue weighted by molar-refractivity contribution is 9.10. The first kappa shape index (κ1) is 17.2. The highest BCUT2D eigenvalue weighted by atomic mass is 79.9. The van der Waals surface area contributed by atoms with Crippen molar-refractivity contribution in [1.29, 1.82) is 0 Å². The molecule has 0 aliphatic carbocycles. The van der Waals surface area contributed by atoms with Crippen molar-refractivity contribution in [3.63, 3.8) is 0 Å². The number of nitrogens with zero attached hydrogens (tertiary/aromatic N) is 2. The Bertz CT molecular complexity index is 637. The molecule has 0 saturated carbocycles. The van der Waals surface area contributed by atoms with Crippen LogP contribution < -0.4 is 4.90 Å². The van der Waals surface area contributed by atoms with E-state index in [2.05, 4.69) is 40.8 Å². The Balaban J connectivity index is 2.30. The Hall–Kier alpha value is -1.20. The predicted octanol–water partition coefficient (Wildman–Crippen LogP) is 5.09. The first-order valence-corrected chi connectivity index (χ1v) is 9.26. The molecule has 2 heterocycles. The fourth-order valence-corrected chi connectivity index (χ4v) is 3.92. The van der Waals surface area contributed by atoms with E-state index in [9.17, 15) is 4.79 Å². The Morgan fingerprint density at radius 2 is 2.09 bits per heavy atom. The number of aromatic nitrogens is 1. The normalized spacial score (nSPS) is 10.7. The van der Waals surface area contributed by atoms with Gasteiger partial charge in [0.2, 0.25) is 0 Å². The molecule has 0 aromatic carbocycles. The van der Waals surface area contributed by atoms with E-state index < -0.39 is 0 Å². The molecular weight excluding hydrogens is 360 g/mol. The molecule has 5 heteroatoms. The Morgan fingerprint density at radius 3 is 2.64 bits per heavy atom. The summed E-state index contributed by atoms with van der Waals surface area (Å²) in [6.45, 7) is 6.90. The lowest BCUT2D eigenvalue weighted by Gasteiger charge is -2.19. The fraction of sp³-hybridized carbons (Fsp3) is 0.412. The molecule has 2 rings (SSSR count). The SMILES string of the molecule is CCCc1sc(C(=O)N(CC)c2ccc(Br)cn2)cc1CC. The van der Waals surface area contributed by atoms with Crippen LogP contribution in [-0.2, 0) is 12.8 Å². The zero-order chi connectivity index (χ0) is 16.1. The van der Waals surface area contributed by atoms with Crippen molar-refractivity contribution in [3.05, 3.63) is 44.2 Å². The topological polar surface area (TPSA) is 33.2 Å². The minimum Gasteiger partial charge on any atom is -0.292 e. The molecule has 0 fully saturated rings. The minimum atomic E-state index is 0.0411. The van der Waals surface area contributed by atoms with Gasteiger partial charge in [-0.25, -0.2) is 4.98 Å². The van der Waals surface area contributed by atoms with Crippen molar-refractivity contribution < 1.29 is 4.79 Å². The molecule has 3 nitrogen and oxygen atoms in total. The van der Waals surface area contributed by atoms with Crippen LogP contribution >= 0.6 is 27.3 Å². The average molecular weight is 381 g/mol. The maximum atomic E-state index is 12.8. The summed E-state index contributed by atoms with van der Waals surface area (Å²) >= 11 is 5.00. The van der Waals surface area contributed by atoms with E-state index in [1.165, 1.54) is 10.4 Å². The van der Waals surface area contributed by atoms with Crippen LogP contribution in [0, 0.1) is 0 Å². The van der Waals surface area contributed by atoms with Crippen molar-refractivity contribution in [2.45, 2.75) is 40.0 Å². The van der Waals surface area contributed by atoms with Gasteiger partial charge < -0.3 is 0 Å². The van der Waals surface area contributed by atoms with Crippen molar-refractivity contribution in [3.8, 4) is 0 Å². The number of carbonyl (C=O) groups is 1. The average Bonchev–Trinajstić information content (AvgIpc) is 2.93. The van der Waals surface area contributed by atoms with Crippen molar-refractivity contribution in [2.24, 2.45) is 0 Å². The summed E-state index contributed by atoms with van der Waals surface area (Å²) in [6, 6.07) is 5.83. The molecule has 2 aromatic rings. The van der Waals surface area contributed by atoms with Gasteiger partial charge in [0, 0.05) is 22.1 Å². The Morgan fingerprint density at radius 1 is 1.32 bits per heavy atom. The summed E-state index contributed by atoms with van der Waals surface area (Å²) in [4.78, 5) is 21.1. The molecule has 2 aromatic heterocycles. The first-order chi connectivity index (χ1) is 10.6. The number of hydrogen-bond acceptors (Lipinski definition) is 3. The Kier molecular flexibility index (Phi) is 6.15. The molecule has 0 radical (unpaired) electrons. The summed E-state index contributed by atoms with van der Waals surface area (Å²) < 4.78 is 0.911. The molecule has 0 aliphatic rings. The molecule has 0 aliphatic heterocycles. The summed E-state index contributed by atoms with van der Waals surface area (Å²) in [7, 11) is 0. The highest BCUT2D eigenvalue weighted by Gasteiger charge is 2.20. The van der Waals surface area contributed by atoms with Crippen LogP contribution in [0.25, 0.3) is 0 Å². The summed E-state index contributed by atoms with van der Waals surface area (Å²) in [6.07, 6.45) is 4.85.